The van der Waals surface area contributed by atoms with Gasteiger partial charge >= 0.3 is 0 Å². The summed E-state index contributed by atoms with van der Waals surface area (Å²) in [4.78, 5) is 26.6. The van der Waals surface area contributed by atoms with Crippen molar-refractivity contribution in [2.75, 3.05) is 12.3 Å². The number of benzene rings is 1. The normalized spacial score (nSPS) is 14.2. The number of nitrogens with zero attached hydrogens (tertiary/aromatic N) is 3. The second-order valence-corrected chi connectivity index (χ2v) is 7.35. The second-order valence-electron chi connectivity index (χ2n) is 6.43. The molecule has 3 N–H and O–H groups in total. The fourth-order valence-electron chi connectivity index (χ4n) is 3.19. The number of nitrogen functional groups attached to an aromatic ring is 1. The van der Waals surface area contributed by atoms with Gasteiger partial charge in [0.1, 0.15) is 5.82 Å². The molecule has 0 bridgehead atoms. The lowest BCUT2D eigenvalue weighted by Crippen LogP contribution is -2.35. The van der Waals surface area contributed by atoms with Crippen molar-refractivity contribution < 1.29 is 0 Å². The number of pyridine rings is 1. The van der Waals surface area contributed by atoms with Gasteiger partial charge in [0.15, 0.2) is 0 Å². The first-order valence-corrected chi connectivity index (χ1v) is 9.17. The summed E-state index contributed by atoms with van der Waals surface area (Å²) in [5.74, 6) is 0.596. The van der Waals surface area contributed by atoms with E-state index in [-0.39, 0.29) is 5.56 Å². The SMILES string of the molecule is Nc1ccc(-c2nc3c(c(=O)[nH]2)CN(Cc2cncc(Br)c2)CC3)cc1. The highest BCUT2D eigenvalue weighted by molar-refractivity contribution is 9.10. The Balaban J connectivity index is 1.58. The molecule has 0 unspecified atom stereocenters. The molecule has 4 rings (SSSR count). The summed E-state index contributed by atoms with van der Waals surface area (Å²) in [6.45, 7) is 2.20. The van der Waals surface area contributed by atoms with Gasteiger partial charge in [0.05, 0.1) is 11.3 Å². The largest absolute Gasteiger partial charge is 0.399 e. The molecule has 0 aliphatic carbocycles. The topological polar surface area (TPSA) is 87.9 Å². The minimum atomic E-state index is -0.0705. The predicted octanol–water partition coefficient (Wildman–Crippen LogP) is 2.73. The van der Waals surface area contributed by atoms with Crippen LogP contribution in [0.15, 0.2) is 52.0 Å². The molecule has 0 amide bonds. The average molecular weight is 412 g/mol. The maximum atomic E-state index is 12.6. The summed E-state index contributed by atoms with van der Waals surface area (Å²) in [6, 6.07) is 9.41. The monoisotopic (exact) mass is 411 g/mol. The summed E-state index contributed by atoms with van der Waals surface area (Å²) in [5, 5.41) is 0. The molecule has 26 heavy (non-hydrogen) atoms. The molecule has 3 aromatic rings. The number of aromatic amines is 1. The average Bonchev–Trinajstić information content (AvgIpc) is 2.63. The molecule has 1 aliphatic heterocycles. The zero-order chi connectivity index (χ0) is 18.1. The number of nitrogens with one attached hydrogen (secondary N) is 1. The molecule has 0 spiro atoms. The Kier molecular flexibility index (Phi) is 4.57. The number of rotatable bonds is 3. The highest BCUT2D eigenvalue weighted by Crippen LogP contribution is 2.21. The van der Waals surface area contributed by atoms with E-state index in [9.17, 15) is 4.79 Å². The van der Waals surface area contributed by atoms with Gasteiger partial charge in [-0.2, -0.15) is 0 Å². The maximum absolute atomic E-state index is 12.6. The second kappa shape index (κ2) is 7.01. The number of hydrogen-bond donors (Lipinski definition) is 2. The molecule has 6 nitrogen and oxygen atoms in total. The Morgan fingerprint density at radius 3 is 2.81 bits per heavy atom. The highest BCUT2D eigenvalue weighted by Gasteiger charge is 2.21. The van der Waals surface area contributed by atoms with Crippen LogP contribution in [-0.4, -0.2) is 26.4 Å². The van der Waals surface area contributed by atoms with Gasteiger partial charge in [0, 0.05) is 54.2 Å². The first-order chi connectivity index (χ1) is 12.6. The highest BCUT2D eigenvalue weighted by atomic mass is 79.9. The van der Waals surface area contributed by atoms with E-state index in [0.717, 1.165) is 46.4 Å². The summed E-state index contributed by atoms with van der Waals surface area (Å²) in [5.41, 5.74) is 9.95. The number of H-pyrrole nitrogens is 1. The molecule has 0 radical (unpaired) electrons. The van der Waals surface area contributed by atoms with Crippen LogP contribution in [-0.2, 0) is 19.5 Å². The molecule has 2 aromatic heterocycles. The van der Waals surface area contributed by atoms with Crippen LogP contribution in [0.4, 0.5) is 5.69 Å². The molecule has 0 atom stereocenters. The molecular formula is C19H18BrN5O. The minimum Gasteiger partial charge on any atom is -0.399 e. The van der Waals surface area contributed by atoms with Crippen molar-refractivity contribution in [3.05, 3.63) is 74.4 Å². The quantitative estimate of drug-likeness (QED) is 0.646. The van der Waals surface area contributed by atoms with Crippen molar-refractivity contribution in [2.45, 2.75) is 19.5 Å². The lowest BCUT2D eigenvalue weighted by Gasteiger charge is -2.27. The fraction of sp³-hybridized carbons (Fsp3) is 0.211. The van der Waals surface area contributed by atoms with Gasteiger partial charge in [0.25, 0.3) is 5.56 Å². The lowest BCUT2D eigenvalue weighted by molar-refractivity contribution is 0.241. The van der Waals surface area contributed by atoms with Crippen LogP contribution in [0, 0.1) is 0 Å². The summed E-state index contributed by atoms with van der Waals surface area (Å²) in [6.07, 6.45) is 4.37. The molecule has 0 saturated carbocycles. The molecular weight excluding hydrogens is 394 g/mol. The number of nitrogens with two attached hydrogens (primary N) is 1. The van der Waals surface area contributed by atoms with Crippen LogP contribution < -0.4 is 11.3 Å². The third-order valence-electron chi connectivity index (χ3n) is 4.50. The standard InChI is InChI=1S/C19H18BrN5O/c20-14-7-12(8-22-9-14)10-25-6-5-17-16(11-25)19(26)24-18(23-17)13-1-3-15(21)4-2-13/h1-4,7-9H,5-6,10-11,21H2,(H,23,24,26). The number of hydrogen-bond acceptors (Lipinski definition) is 5. The first-order valence-electron chi connectivity index (χ1n) is 8.38. The number of fused-ring (bicyclic) bond motifs is 1. The maximum Gasteiger partial charge on any atom is 0.255 e. The Morgan fingerprint density at radius 1 is 1.23 bits per heavy atom. The molecule has 3 heterocycles. The van der Waals surface area contributed by atoms with Gasteiger partial charge in [-0.25, -0.2) is 4.98 Å². The van der Waals surface area contributed by atoms with Gasteiger partial charge < -0.3 is 10.7 Å². The van der Waals surface area contributed by atoms with E-state index in [4.69, 9.17) is 5.73 Å². The van der Waals surface area contributed by atoms with Gasteiger partial charge in [-0.3, -0.25) is 14.7 Å². The zero-order valence-electron chi connectivity index (χ0n) is 14.1. The van der Waals surface area contributed by atoms with Crippen LogP contribution in [0.3, 0.4) is 0 Å². The Hall–Kier alpha value is -2.51. The molecule has 7 heteroatoms. The van der Waals surface area contributed by atoms with Crippen molar-refractivity contribution in [3.8, 4) is 11.4 Å². The molecule has 0 fully saturated rings. The van der Waals surface area contributed by atoms with Crippen molar-refractivity contribution in [1.82, 2.24) is 19.9 Å². The number of anilines is 1. The van der Waals surface area contributed by atoms with Crippen LogP contribution in [0.5, 0.6) is 0 Å². The third kappa shape index (κ3) is 3.54. The third-order valence-corrected chi connectivity index (χ3v) is 4.93. The smallest absolute Gasteiger partial charge is 0.255 e. The zero-order valence-corrected chi connectivity index (χ0v) is 15.7. The van der Waals surface area contributed by atoms with E-state index in [0.29, 0.717) is 18.1 Å². The van der Waals surface area contributed by atoms with Gasteiger partial charge in [0.2, 0.25) is 0 Å². The first kappa shape index (κ1) is 16.9. The van der Waals surface area contributed by atoms with E-state index < -0.39 is 0 Å². The van der Waals surface area contributed by atoms with Gasteiger partial charge in [-0.1, -0.05) is 0 Å². The van der Waals surface area contributed by atoms with E-state index >= 15 is 0 Å². The van der Waals surface area contributed by atoms with Crippen molar-refractivity contribution in [2.24, 2.45) is 0 Å². The van der Waals surface area contributed by atoms with E-state index in [2.05, 4.69) is 41.8 Å². The van der Waals surface area contributed by atoms with Crippen molar-refractivity contribution >= 4 is 21.6 Å². The van der Waals surface area contributed by atoms with E-state index in [1.807, 2.05) is 30.5 Å². The summed E-state index contributed by atoms with van der Waals surface area (Å²) >= 11 is 3.45. The lowest BCUT2D eigenvalue weighted by atomic mass is 10.1. The number of halogens is 1. The van der Waals surface area contributed by atoms with Crippen LogP contribution in [0.25, 0.3) is 11.4 Å². The van der Waals surface area contributed by atoms with Crippen LogP contribution in [0.2, 0.25) is 0 Å². The minimum absolute atomic E-state index is 0.0705. The van der Waals surface area contributed by atoms with Crippen molar-refractivity contribution in [3.63, 3.8) is 0 Å². The molecule has 0 saturated heterocycles. The summed E-state index contributed by atoms with van der Waals surface area (Å²) < 4.78 is 0.958. The van der Waals surface area contributed by atoms with Gasteiger partial charge in [-0.05, 0) is 51.8 Å². The van der Waals surface area contributed by atoms with Gasteiger partial charge in [-0.15, -0.1) is 0 Å². The van der Waals surface area contributed by atoms with Crippen LogP contribution in [0.1, 0.15) is 16.8 Å². The molecule has 1 aromatic carbocycles. The fourth-order valence-corrected chi connectivity index (χ4v) is 3.61. The summed E-state index contributed by atoms with van der Waals surface area (Å²) in [7, 11) is 0. The molecule has 1 aliphatic rings. The Bertz CT molecular complexity index is 1000. The number of aromatic nitrogens is 3. The van der Waals surface area contributed by atoms with Crippen LogP contribution >= 0.6 is 15.9 Å². The van der Waals surface area contributed by atoms with E-state index in [1.165, 1.54) is 0 Å². The molecule has 132 valence electrons. The van der Waals surface area contributed by atoms with E-state index in [1.54, 1.807) is 6.20 Å². The van der Waals surface area contributed by atoms with Crippen molar-refractivity contribution in [1.29, 1.82) is 0 Å². The Labute approximate surface area is 159 Å². The predicted molar refractivity (Wildman–Crippen MR) is 104 cm³/mol. The Morgan fingerprint density at radius 2 is 2.04 bits per heavy atom.